The molecule has 0 atom stereocenters. The van der Waals surface area contributed by atoms with Crippen molar-refractivity contribution in [3.05, 3.63) is 100 Å². The molecule has 7 heteroatoms. The van der Waals surface area contributed by atoms with E-state index in [1.807, 2.05) is 24.3 Å². The van der Waals surface area contributed by atoms with Gasteiger partial charge in [0.05, 0.1) is 11.1 Å². The lowest BCUT2D eigenvalue weighted by Crippen LogP contribution is -2.39. The zero-order chi connectivity index (χ0) is 24.2. The average molecular weight is 467 g/mol. The van der Waals surface area contributed by atoms with Crippen LogP contribution in [0, 0.1) is 16.0 Å². The van der Waals surface area contributed by atoms with Crippen LogP contribution in [-0.4, -0.2) is 35.0 Å². The lowest BCUT2D eigenvalue weighted by molar-refractivity contribution is -0.384. The van der Waals surface area contributed by atoms with E-state index >= 15 is 0 Å². The van der Waals surface area contributed by atoms with E-state index in [9.17, 15) is 14.9 Å². The van der Waals surface area contributed by atoms with Crippen LogP contribution < -0.4 is 5.43 Å². The number of carbonyl (C=O) groups is 1. The summed E-state index contributed by atoms with van der Waals surface area (Å²) in [5.41, 5.74) is 4.89. The highest BCUT2D eigenvalue weighted by Crippen LogP contribution is 2.27. The summed E-state index contributed by atoms with van der Waals surface area (Å²) in [7, 11) is 0. The van der Waals surface area contributed by atoms with Crippen LogP contribution >= 0.6 is 0 Å². The van der Waals surface area contributed by atoms with Gasteiger partial charge in [-0.25, -0.2) is 5.43 Å². The number of non-ortho nitro benzene ring substituents is 1. The predicted octanol–water partition coefficient (Wildman–Crippen LogP) is 5.26. The average Bonchev–Trinajstić information content (AvgIpc) is 2.89. The molecule has 1 aliphatic rings. The molecule has 0 spiro atoms. The number of nitrogens with zero attached hydrogens (tertiary/aromatic N) is 3. The fourth-order valence-corrected chi connectivity index (χ4v) is 4.77. The third kappa shape index (κ3) is 5.05. The molecule has 1 heterocycles. The van der Waals surface area contributed by atoms with Gasteiger partial charge in [-0.05, 0) is 59.1 Å². The van der Waals surface area contributed by atoms with E-state index in [4.69, 9.17) is 0 Å². The molecule has 176 valence electrons. The standard InChI is InChI=1S/C28H26N4O3/c33-28(21-13-15-31(16-14-21)19-20-9-11-24(12-10-20)32(34)35)30-29-18-27-25-7-3-1-5-22(25)17-23-6-2-4-8-26(23)27/h1-12,17-18,21H,13-16,19H2,(H,30,33)/b29-18-. The van der Waals surface area contributed by atoms with Crippen LogP contribution in [0.3, 0.4) is 0 Å². The summed E-state index contributed by atoms with van der Waals surface area (Å²) >= 11 is 0. The molecule has 0 bridgehead atoms. The predicted molar refractivity (Wildman–Crippen MR) is 138 cm³/mol. The molecule has 1 saturated heterocycles. The zero-order valence-electron chi connectivity index (χ0n) is 19.3. The highest BCUT2D eigenvalue weighted by Gasteiger charge is 2.25. The molecule has 0 aliphatic carbocycles. The maximum absolute atomic E-state index is 12.8. The molecular weight excluding hydrogens is 440 g/mol. The Labute approximate surface area is 203 Å². The number of nitrogens with one attached hydrogen (secondary N) is 1. The summed E-state index contributed by atoms with van der Waals surface area (Å²) in [5, 5.41) is 19.6. The number of hydrogen-bond acceptors (Lipinski definition) is 5. The van der Waals surface area contributed by atoms with Crippen molar-refractivity contribution in [1.82, 2.24) is 10.3 Å². The van der Waals surface area contributed by atoms with Crippen LogP contribution in [0.5, 0.6) is 0 Å². The quantitative estimate of drug-likeness (QED) is 0.182. The van der Waals surface area contributed by atoms with Gasteiger partial charge in [-0.15, -0.1) is 0 Å². The summed E-state index contributed by atoms with van der Waals surface area (Å²) in [6.07, 6.45) is 3.27. The summed E-state index contributed by atoms with van der Waals surface area (Å²) in [5.74, 6) is -0.134. The minimum atomic E-state index is -0.390. The second-order valence-electron chi connectivity index (χ2n) is 8.94. The van der Waals surface area contributed by atoms with Crippen molar-refractivity contribution in [2.75, 3.05) is 13.1 Å². The normalized spacial score (nSPS) is 15.1. The molecule has 4 aromatic rings. The number of amides is 1. The maximum atomic E-state index is 12.8. The van der Waals surface area contributed by atoms with Gasteiger partial charge >= 0.3 is 0 Å². The molecule has 7 nitrogen and oxygen atoms in total. The van der Waals surface area contributed by atoms with E-state index in [-0.39, 0.29) is 22.4 Å². The molecule has 5 rings (SSSR count). The molecule has 35 heavy (non-hydrogen) atoms. The fourth-order valence-electron chi connectivity index (χ4n) is 4.77. The SMILES string of the molecule is O=C(N/N=C\c1c2ccccc2cc2ccccc12)C1CCN(Cc2ccc([N+](=O)[O-])cc2)CC1. The van der Waals surface area contributed by atoms with E-state index in [0.717, 1.165) is 65.1 Å². The van der Waals surface area contributed by atoms with Gasteiger partial charge in [0.2, 0.25) is 5.91 Å². The van der Waals surface area contributed by atoms with Gasteiger partial charge in [0, 0.05) is 30.2 Å². The number of likely N-dealkylation sites (tertiary alicyclic amines) is 1. The first-order valence-electron chi connectivity index (χ1n) is 11.8. The molecular formula is C28H26N4O3. The lowest BCUT2D eigenvalue weighted by Gasteiger charge is -2.30. The number of carbonyl (C=O) groups excluding carboxylic acids is 1. The number of hydrogen-bond donors (Lipinski definition) is 1. The minimum Gasteiger partial charge on any atom is -0.299 e. The Hall–Kier alpha value is -4.10. The fraction of sp³-hybridized carbons (Fsp3) is 0.214. The molecule has 4 aromatic carbocycles. The highest BCUT2D eigenvalue weighted by molar-refractivity contribution is 6.13. The molecule has 0 saturated carbocycles. The number of hydrazone groups is 1. The number of benzene rings is 4. The lowest BCUT2D eigenvalue weighted by atomic mass is 9.96. The van der Waals surface area contributed by atoms with Crippen LogP contribution in [0.1, 0.15) is 24.0 Å². The van der Waals surface area contributed by atoms with Crippen molar-refractivity contribution < 1.29 is 9.72 Å². The molecule has 1 amide bonds. The van der Waals surface area contributed by atoms with Gasteiger partial charge in [-0.2, -0.15) is 5.10 Å². The number of rotatable bonds is 6. The second-order valence-corrected chi connectivity index (χ2v) is 8.94. The number of nitro benzene ring substituents is 1. The van der Waals surface area contributed by atoms with Crippen LogP contribution in [0.25, 0.3) is 21.5 Å². The van der Waals surface area contributed by atoms with Crippen LogP contribution in [0.2, 0.25) is 0 Å². The van der Waals surface area contributed by atoms with Gasteiger partial charge in [0.1, 0.15) is 0 Å². The molecule has 1 fully saturated rings. The molecule has 1 N–H and O–H groups in total. The van der Waals surface area contributed by atoms with Crippen molar-refractivity contribution in [3.63, 3.8) is 0 Å². The van der Waals surface area contributed by atoms with E-state index in [1.54, 1.807) is 18.3 Å². The van der Waals surface area contributed by atoms with Crippen LogP contribution in [0.15, 0.2) is 84.0 Å². The van der Waals surface area contributed by atoms with Crippen LogP contribution in [0.4, 0.5) is 5.69 Å². The van der Waals surface area contributed by atoms with E-state index in [2.05, 4.69) is 45.8 Å². The van der Waals surface area contributed by atoms with Crippen molar-refractivity contribution in [2.24, 2.45) is 11.0 Å². The Balaban J connectivity index is 1.20. The molecule has 0 aromatic heterocycles. The topological polar surface area (TPSA) is 87.8 Å². The zero-order valence-corrected chi connectivity index (χ0v) is 19.3. The highest BCUT2D eigenvalue weighted by atomic mass is 16.6. The van der Waals surface area contributed by atoms with Crippen LogP contribution in [-0.2, 0) is 11.3 Å². The first-order chi connectivity index (χ1) is 17.1. The monoisotopic (exact) mass is 466 g/mol. The van der Waals surface area contributed by atoms with Gasteiger partial charge in [0.25, 0.3) is 5.69 Å². The number of fused-ring (bicyclic) bond motifs is 2. The summed E-state index contributed by atoms with van der Waals surface area (Å²) in [6, 6.07) is 25.2. The first kappa shape index (κ1) is 22.7. The number of piperidine rings is 1. The number of nitro groups is 1. The Bertz CT molecular complexity index is 1350. The van der Waals surface area contributed by atoms with Gasteiger partial charge in [-0.3, -0.25) is 19.8 Å². The summed E-state index contributed by atoms with van der Waals surface area (Å²) in [4.78, 5) is 25.5. The first-order valence-corrected chi connectivity index (χ1v) is 11.8. The van der Waals surface area contributed by atoms with Gasteiger partial charge < -0.3 is 0 Å². The van der Waals surface area contributed by atoms with Gasteiger partial charge in [0.15, 0.2) is 0 Å². The largest absolute Gasteiger partial charge is 0.299 e. The Kier molecular flexibility index (Phi) is 6.50. The van der Waals surface area contributed by atoms with Crippen molar-refractivity contribution in [3.8, 4) is 0 Å². The van der Waals surface area contributed by atoms with Crippen molar-refractivity contribution >= 4 is 39.4 Å². The summed E-state index contributed by atoms with van der Waals surface area (Å²) in [6.45, 7) is 2.32. The minimum absolute atomic E-state index is 0.0548. The van der Waals surface area contributed by atoms with Crippen molar-refractivity contribution in [2.45, 2.75) is 19.4 Å². The third-order valence-corrected chi connectivity index (χ3v) is 6.69. The molecule has 1 aliphatic heterocycles. The van der Waals surface area contributed by atoms with E-state index < -0.39 is 0 Å². The van der Waals surface area contributed by atoms with Gasteiger partial charge in [-0.1, -0.05) is 60.7 Å². The Morgan fingerprint density at radius 2 is 1.57 bits per heavy atom. The smallest absolute Gasteiger partial charge is 0.269 e. The third-order valence-electron chi connectivity index (χ3n) is 6.69. The van der Waals surface area contributed by atoms with E-state index in [0.29, 0.717) is 0 Å². The van der Waals surface area contributed by atoms with E-state index in [1.165, 1.54) is 12.1 Å². The molecule has 0 radical (unpaired) electrons. The Morgan fingerprint density at radius 1 is 0.971 bits per heavy atom. The Morgan fingerprint density at radius 3 is 2.17 bits per heavy atom. The summed E-state index contributed by atoms with van der Waals surface area (Å²) < 4.78 is 0. The van der Waals surface area contributed by atoms with Crippen molar-refractivity contribution in [1.29, 1.82) is 0 Å². The molecule has 0 unspecified atom stereocenters. The maximum Gasteiger partial charge on any atom is 0.269 e. The second kappa shape index (κ2) is 10.0.